The number of aromatic nitrogens is 4. The Morgan fingerprint density at radius 3 is 2.69 bits per heavy atom. The Balaban J connectivity index is 1.69. The van der Waals surface area contributed by atoms with E-state index < -0.39 is 21.9 Å². The van der Waals surface area contributed by atoms with Gasteiger partial charge in [0.05, 0.1) is 0 Å². The van der Waals surface area contributed by atoms with Gasteiger partial charge in [0.25, 0.3) is 5.78 Å². The van der Waals surface area contributed by atoms with Crippen molar-refractivity contribution in [3.63, 3.8) is 0 Å². The molecule has 0 aliphatic carbocycles. The zero-order chi connectivity index (χ0) is 18.9. The number of alkyl halides is 3. The van der Waals surface area contributed by atoms with E-state index in [1.54, 1.807) is 13.0 Å². The molecule has 0 unspecified atom stereocenters. The fourth-order valence-corrected chi connectivity index (χ4v) is 4.45. The van der Waals surface area contributed by atoms with Gasteiger partial charge < -0.3 is 5.32 Å². The number of hydrogen-bond acceptors (Lipinski definition) is 7. The van der Waals surface area contributed by atoms with Crippen LogP contribution in [0.1, 0.15) is 10.6 Å². The van der Waals surface area contributed by atoms with Crippen molar-refractivity contribution in [1.29, 1.82) is 0 Å². The van der Waals surface area contributed by atoms with E-state index in [2.05, 4.69) is 25.1 Å². The molecule has 3 aromatic rings. The third-order valence-electron chi connectivity index (χ3n) is 3.25. The molecule has 0 amide bonds. The van der Waals surface area contributed by atoms with Gasteiger partial charge in [0.1, 0.15) is 16.4 Å². The van der Waals surface area contributed by atoms with Crippen molar-refractivity contribution in [3.8, 4) is 0 Å². The molecule has 0 aliphatic heterocycles. The Morgan fingerprint density at radius 2 is 2.04 bits per heavy atom. The van der Waals surface area contributed by atoms with E-state index in [-0.39, 0.29) is 28.9 Å². The molecule has 3 rings (SSSR count). The van der Waals surface area contributed by atoms with Gasteiger partial charge in [0.2, 0.25) is 10.0 Å². The lowest BCUT2D eigenvalue weighted by molar-refractivity contribution is -0.141. The number of anilines is 1. The summed E-state index contributed by atoms with van der Waals surface area (Å²) < 4.78 is 66.6. The van der Waals surface area contributed by atoms with Crippen LogP contribution < -0.4 is 10.0 Å². The fraction of sp³-hybridized carbons (Fsp3) is 0.308. The lowest BCUT2D eigenvalue weighted by atomic mass is 10.4. The number of sulfonamides is 1. The van der Waals surface area contributed by atoms with Gasteiger partial charge in [0.15, 0.2) is 5.69 Å². The zero-order valence-electron chi connectivity index (χ0n) is 13.3. The maximum Gasteiger partial charge on any atom is 0.433 e. The predicted octanol–water partition coefficient (Wildman–Crippen LogP) is 1.90. The van der Waals surface area contributed by atoms with Crippen LogP contribution >= 0.6 is 11.3 Å². The maximum absolute atomic E-state index is 12.9. The average molecular weight is 406 g/mol. The third kappa shape index (κ3) is 3.94. The molecule has 0 aromatic carbocycles. The molecule has 0 atom stereocenters. The van der Waals surface area contributed by atoms with E-state index in [1.165, 1.54) is 6.07 Å². The van der Waals surface area contributed by atoms with E-state index in [9.17, 15) is 21.6 Å². The highest BCUT2D eigenvalue weighted by atomic mass is 32.2. The summed E-state index contributed by atoms with van der Waals surface area (Å²) in [4.78, 5) is 7.90. The number of thiophene rings is 1. The van der Waals surface area contributed by atoms with Crippen molar-refractivity contribution in [3.05, 3.63) is 35.1 Å². The van der Waals surface area contributed by atoms with Gasteiger partial charge in [-0.25, -0.2) is 18.1 Å². The van der Waals surface area contributed by atoms with Crippen LogP contribution in [0.3, 0.4) is 0 Å². The van der Waals surface area contributed by atoms with Crippen LogP contribution in [0, 0.1) is 6.92 Å². The molecule has 13 heteroatoms. The van der Waals surface area contributed by atoms with Crippen molar-refractivity contribution >= 4 is 33.0 Å². The van der Waals surface area contributed by atoms with Crippen LogP contribution in [-0.2, 0) is 16.2 Å². The minimum Gasteiger partial charge on any atom is -0.369 e. The molecule has 0 bridgehead atoms. The first kappa shape index (κ1) is 18.5. The number of rotatable bonds is 6. The molecule has 140 valence electrons. The summed E-state index contributed by atoms with van der Waals surface area (Å²) in [7, 11) is -3.66. The molecule has 2 N–H and O–H groups in total. The molecule has 0 spiro atoms. The summed E-state index contributed by atoms with van der Waals surface area (Å²) >= 11 is 1.13. The first-order chi connectivity index (χ1) is 12.2. The van der Waals surface area contributed by atoms with E-state index in [1.807, 2.05) is 0 Å². The highest BCUT2D eigenvalue weighted by Crippen LogP contribution is 2.29. The highest BCUT2D eigenvalue weighted by Gasteiger charge is 2.34. The monoisotopic (exact) mass is 406 g/mol. The largest absolute Gasteiger partial charge is 0.433 e. The number of halogens is 3. The standard InChI is InChI=1S/C13H13F3N6O2S2/c1-8-2-3-11(25-8)26(23,24)20-5-4-17-10-6-9(13(14,15)16)21-12-18-7-19-22(10)12/h2-3,6-7,17,20H,4-5H2,1H3. The van der Waals surface area contributed by atoms with Gasteiger partial charge >= 0.3 is 6.18 Å². The summed E-state index contributed by atoms with van der Waals surface area (Å²) in [5, 5.41) is 6.51. The Kier molecular flexibility index (Phi) is 4.86. The fourth-order valence-electron chi connectivity index (χ4n) is 2.09. The molecule has 3 aromatic heterocycles. The minimum atomic E-state index is -4.64. The number of aryl methyl sites for hydroxylation is 1. The second-order valence-corrected chi connectivity index (χ2v) is 8.47. The van der Waals surface area contributed by atoms with Crippen LogP contribution in [0.5, 0.6) is 0 Å². The summed E-state index contributed by atoms with van der Waals surface area (Å²) in [6, 6.07) is 3.97. The lowest BCUT2D eigenvalue weighted by Crippen LogP contribution is -2.29. The van der Waals surface area contributed by atoms with E-state index in [4.69, 9.17) is 0 Å². The lowest BCUT2D eigenvalue weighted by Gasteiger charge is -2.11. The van der Waals surface area contributed by atoms with Crippen LogP contribution in [0.15, 0.2) is 28.7 Å². The highest BCUT2D eigenvalue weighted by molar-refractivity contribution is 7.91. The first-order valence-corrected chi connectivity index (χ1v) is 9.55. The molecular formula is C13H13F3N6O2S2. The molecule has 0 aliphatic rings. The predicted molar refractivity (Wildman–Crippen MR) is 88.5 cm³/mol. The Morgan fingerprint density at radius 1 is 1.27 bits per heavy atom. The number of hydrogen-bond donors (Lipinski definition) is 2. The van der Waals surface area contributed by atoms with Gasteiger partial charge in [-0.3, -0.25) is 0 Å². The quantitative estimate of drug-likeness (QED) is 0.607. The van der Waals surface area contributed by atoms with Gasteiger partial charge in [-0.05, 0) is 19.1 Å². The Labute approximate surface area is 150 Å². The van der Waals surface area contributed by atoms with E-state index >= 15 is 0 Å². The molecule has 3 heterocycles. The zero-order valence-corrected chi connectivity index (χ0v) is 14.9. The second kappa shape index (κ2) is 6.81. The molecule has 26 heavy (non-hydrogen) atoms. The first-order valence-electron chi connectivity index (χ1n) is 7.25. The topological polar surface area (TPSA) is 101 Å². The normalized spacial score (nSPS) is 12.6. The van der Waals surface area contributed by atoms with E-state index in [0.29, 0.717) is 0 Å². The molecule has 0 radical (unpaired) electrons. The van der Waals surface area contributed by atoms with Gasteiger partial charge in [-0.1, -0.05) is 0 Å². The Bertz CT molecular complexity index is 1030. The summed E-state index contributed by atoms with van der Waals surface area (Å²) in [6.45, 7) is 1.80. The maximum atomic E-state index is 12.9. The average Bonchev–Trinajstić information content (AvgIpc) is 3.19. The molecule has 8 nitrogen and oxygen atoms in total. The van der Waals surface area contributed by atoms with Crippen LogP contribution in [0.25, 0.3) is 5.78 Å². The molecular weight excluding hydrogens is 393 g/mol. The number of fused-ring (bicyclic) bond motifs is 1. The number of nitrogens with one attached hydrogen (secondary N) is 2. The minimum absolute atomic E-state index is 0.00555. The van der Waals surface area contributed by atoms with Crippen molar-refractivity contribution in [2.24, 2.45) is 0 Å². The molecule has 0 saturated carbocycles. The van der Waals surface area contributed by atoms with Crippen LogP contribution in [0.4, 0.5) is 19.0 Å². The summed E-state index contributed by atoms with van der Waals surface area (Å²) in [5.74, 6) is -0.206. The second-order valence-electron chi connectivity index (χ2n) is 5.19. The molecule has 0 fully saturated rings. The summed E-state index contributed by atoms with van der Waals surface area (Å²) in [5.41, 5.74) is -1.12. The van der Waals surface area contributed by atoms with Crippen LogP contribution in [0.2, 0.25) is 0 Å². The van der Waals surface area contributed by atoms with Crippen molar-refractivity contribution < 1.29 is 21.6 Å². The third-order valence-corrected chi connectivity index (χ3v) is 6.20. The van der Waals surface area contributed by atoms with E-state index in [0.717, 1.165) is 33.1 Å². The molecule has 0 saturated heterocycles. The summed E-state index contributed by atoms with van der Waals surface area (Å²) in [6.07, 6.45) is -3.56. The number of nitrogens with zero attached hydrogens (tertiary/aromatic N) is 4. The van der Waals surface area contributed by atoms with Crippen molar-refractivity contribution in [1.82, 2.24) is 24.3 Å². The van der Waals surface area contributed by atoms with Crippen molar-refractivity contribution in [2.45, 2.75) is 17.3 Å². The smallest absolute Gasteiger partial charge is 0.369 e. The van der Waals surface area contributed by atoms with Gasteiger partial charge in [-0.2, -0.15) is 27.8 Å². The SMILES string of the molecule is Cc1ccc(S(=O)(=O)NCCNc2cc(C(F)(F)F)nc3ncnn23)s1. The van der Waals surface area contributed by atoms with Gasteiger partial charge in [0, 0.05) is 24.0 Å². The van der Waals surface area contributed by atoms with Crippen LogP contribution in [-0.4, -0.2) is 41.1 Å². The van der Waals surface area contributed by atoms with Gasteiger partial charge in [-0.15, -0.1) is 11.3 Å². The van der Waals surface area contributed by atoms with Crippen molar-refractivity contribution in [2.75, 3.05) is 18.4 Å². The Hall–Kier alpha value is -2.25.